The number of carbonyl (C=O) groups is 2. The molecule has 51 heavy (non-hydrogen) atoms. The Labute approximate surface area is 317 Å². The van der Waals surface area contributed by atoms with Crippen LogP contribution in [0.4, 0.5) is 0 Å². The fourth-order valence-corrected chi connectivity index (χ4v) is 8.21. The second-order valence-corrected chi connectivity index (χ2v) is 16.3. The molecule has 0 spiro atoms. The Hall–Kier alpha value is -1.14. The summed E-state index contributed by atoms with van der Waals surface area (Å²) in [6.45, 7) is 10.3. The second-order valence-electron chi connectivity index (χ2n) is 16.3. The molecule has 302 valence electrons. The van der Waals surface area contributed by atoms with Gasteiger partial charge in [0.05, 0.1) is 13.2 Å². The number of nitrogens with zero attached hydrogens (tertiary/aromatic N) is 1. The summed E-state index contributed by atoms with van der Waals surface area (Å²) in [6.07, 6.45) is 38.2. The minimum atomic E-state index is -0.0439. The van der Waals surface area contributed by atoms with Crippen molar-refractivity contribution in [3.63, 3.8) is 0 Å². The van der Waals surface area contributed by atoms with Crippen molar-refractivity contribution >= 4 is 11.9 Å². The molecule has 0 aromatic rings. The molecule has 1 rings (SSSR count). The second kappa shape index (κ2) is 34.6. The first kappa shape index (κ1) is 47.9. The largest absolute Gasteiger partial charge is 0.466 e. The van der Waals surface area contributed by atoms with Gasteiger partial charge in [-0.3, -0.25) is 9.59 Å². The van der Waals surface area contributed by atoms with Crippen LogP contribution in [-0.4, -0.2) is 60.9 Å². The molecule has 1 aliphatic rings. The number of aliphatic hydroxyl groups excluding tert-OH is 1. The molecular formula is C45H87NO5. The first-order chi connectivity index (χ1) is 25.0. The Morgan fingerprint density at radius 3 is 1.67 bits per heavy atom. The lowest BCUT2D eigenvalue weighted by atomic mass is 9.72. The highest BCUT2D eigenvalue weighted by Gasteiger charge is 2.34. The fourth-order valence-electron chi connectivity index (χ4n) is 8.21. The molecule has 0 aliphatic carbocycles. The molecule has 1 atom stereocenters. The number of aliphatic hydroxyl groups is 1. The Balaban J connectivity index is 2.42. The van der Waals surface area contributed by atoms with Gasteiger partial charge in [-0.25, -0.2) is 0 Å². The van der Waals surface area contributed by atoms with Crippen molar-refractivity contribution in [3.05, 3.63) is 0 Å². The lowest BCUT2D eigenvalue weighted by Crippen LogP contribution is -2.44. The minimum Gasteiger partial charge on any atom is -0.466 e. The third-order valence-corrected chi connectivity index (χ3v) is 11.4. The van der Waals surface area contributed by atoms with E-state index in [4.69, 9.17) is 9.47 Å². The van der Waals surface area contributed by atoms with Crippen LogP contribution in [0, 0.1) is 5.41 Å². The van der Waals surface area contributed by atoms with E-state index in [1.807, 2.05) is 0 Å². The number of piperidine rings is 1. The summed E-state index contributed by atoms with van der Waals surface area (Å²) in [4.78, 5) is 27.9. The van der Waals surface area contributed by atoms with Gasteiger partial charge in [0.1, 0.15) is 6.10 Å². The SMILES string of the molecule is CCCCCCCCCCCOC(=O)CCCC1(CCCCCC(=O)OC(CCCCCCCC)CCCCCCCC)CCCN(CCO)C1. The van der Waals surface area contributed by atoms with Gasteiger partial charge < -0.3 is 19.5 Å². The number of esters is 2. The van der Waals surface area contributed by atoms with Crippen LogP contribution in [0.2, 0.25) is 0 Å². The summed E-state index contributed by atoms with van der Waals surface area (Å²) in [7, 11) is 0. The summed E-state index contributed by atoms with van der Waals surface area (Å²) < 4.78 is 11.7. The average Bonchev–Trinajstić information content (AvgIpc) is 3.12. The van der Waals surface area contributed by atoms with Crippen molar-refractivity contribution in [3.8, 4) is 0 Å². The van der Waals surface area contributed by atoms with E-state index in [-0.39, 0.29) is 30.1 Å². The Morgan fingerprint density at radius 1 is 0.608 bits per heavy atom. The van der Waals surface area contributed by atoms with Crippen LogP contribution >= 0.6 is 0 Å². The van der Waals surface area contributed by atoms with Crippen LogP contribution in [0.3, 0.4) is 0 Å². The zero-order valence-corrected chi connectivity index (χ0v) is 34.5. The standard InChI is InChI=1S/C45H87NO5/c1-4-7-10-13-16-17-18-21-27-40-50-43(48)33-28-35-45(36-29-37-46(41-45)38-39-47)34-26-22-25-32-44(49)51-42(30-23-19-14-11-8-5-2)31-24-20-15-12-9-6-3/h42,47H,4-41H2,1-3H3. The highest BCUT2D eigenvalue weighted by atomic mass is 16.5. The molecule has 6 nitrogen and oxygen atoms in total. The zero-order chi connectivity index (χ0) is 37.1. The molecule has 1 N–H and O–H groups in total. The number of carbonyl (C=O) groups excluding carboxylic acids is 2. The van der Waals surface area contributed by atoms with Gasteiger partial charge in [-0.2, -0.15) is 0 Å². The molecule has 6 heteroatoms. The van der Waals surface area contributed by atoms with Crippen LogP contribution in [0.1, 0.15) is 233 Å². The fraction of sp³-hybridized carbons (Fsp3) is 0.956. The van der Waals surface area contributed by atoms with Crippen LogP contribution in [0.5, 0.6) is 0 Å². The molecule has 1 aliphatic heterocycles. The monoisotopic (exact) mass is 722 g/mol. The number of β-amino-alcohol motifs (C(OH)–C–C–N with tert-alkyl or cyclic N) is 1. The average molecular weight is 722 g/mol. The molecule has 0 saturated carbocycles. The van der Waals surface area contributed by atoms with Crippen molar-refractivity contribution < 1.29 is 24.2 Å². The normalized spacial score (nSPS) is 16.6. The van der Waals surface area contributed by atoms with Crippen molar-refractivity contribution in [1.29, 1.82) is 0 Å². The van der Waals surface area contributed by atoms with Gasteiger partial charge in [0.25, 0.3) is 0 Å². The van der Waals surface area contributed by atoms with E-state index in [1.165, 1.54) is 128 Å². The van der Waals surface area contributed by atoms with Crippen molar-refractivity contribution in [2.45, 2.75) is 239 Å². The van der Waals surface area contributed by atoms with Gasteiger partial charge in [-0.05, 0) is 82.6 Å². The maximum absolute atomic E-state index is 12.9. The number of unbranched alkanes of at least 4 members (excludes halogenated alkanes) is 20. The van der Waals surface area contributed by atoms with E-state index < -0.39 is 0 Å². The van der Waals surface area contributed by atoms with Crippen molar-refractivity contribution in [2.75, 3.05) is 32.8 Å². The predicted octanol–water partition coefficient (Wildman–Crippen LogP) is 12.7. The number of hydrogen-bond donors (Lipinski definition) is 1. The van der Waals surface area contributed by atoms with E-state index in [0.29, 0.717) is 19.4 Å². The zero-order valence-electron chi connectivity index (χ0n) is 34.5. The van der Waals surface area contributed by atoms with Gasteiger partial charge in [-0.15, -0.1) is 0 Å². The summed E-state index contributed by atoms with van der Waals surface area (Å²) in [5.74, 6) is -0.0445. The highest BCUT2D eigenvalue weighted by Crippen LogP contribution is 2.40. The third-order valence-electron chi connectivity index (χ3n) is 11.4. The number of ether oxygens (including phenoxy) is 2. The van der Waals surface area contributed by atoms with Gasteiger partial charge in [-0.1, -0.05) is 149 Å². The van der Waals surface area contributed by atoms with Crippen LogP contribution in [0.25, 0.3) is 0 Å². The highest BCUT2D eigenvalue weighted by molar-refractivity contribution is 5.69. The lowest BCUT2D eigenvalue weighted by Gasteiger charge is -2.43. The van der Waals surface area contributed by atoms with E-state index >= 15 is 0 Å². The number of hydrogen-bond acceptors (Lipinski definition) is 6. The van der Waals surface area contributed by atoms with Crippen LogP contribution in [-0.2, 0) is 19.1 Å². The summed E-state index contributed by atoms with van der Waals surface area (Å²) in [5.41, 5.74) is 0.185. The Kier molecular flexibility index (Phi) is 32.5. The van der Waals surface area contributed by atoms with E-state index in [1.54, 1.807) is 0 Å². The first-order valence-corrected chi connectivity index (χ1v) is 22.7. The van der Waals surface area contributed by atoms with Crippen LogP contribution in [0.15, 0.2) is 0 Å². The molecule has 0 bridgehead atoms. The molecule has 0 aromatic carbocycles. The molecule has 0 amide bonds. The maximum Gasteiger partial charge on any atom is 0.306 e. The number of rotatable bonds is 37. The Bertz CT molecular complexity index is 773. The molecule has 1 heterocycles. The summed E-state index contributed by atoms with van der Waals surface area (Å²) in [6, 6.07) is 0. The molecule has 1 fully saturated rings. The van der Waals surface area contributed by atoms with E-state index in [0.717, 1.165) is 90.3 Å². The molecule has 1 saturated heterocycles. The van der Waals surface area contributed by atoms with Gasteiger partial charge in [0.15, 0.2) is 0 Å². The smallest absolute Gasteiger partial charge is 0.306 e. The third kappa shape index (κ3) is 28.0. The topological polar surface area (TPSA) is 76.1 Å². The number of likely N-dealkylation sites (tertiary alicyclic amines) is 1. The van der Waals surface area contributed by atoms with Crippen molar-refractivity contribution in [2.24, 2.45) is 5.41 Å². The molecular weight excluding hydrogens is 634 g/mol. The molecule has 0 aromatic heterocycles. The first-order valence-electron chi connectivity index (χ1n) is 22.7. The maximum atomic E-state index is 12.9. The van der Waals surface area contributed by atoms with E-state index in [2.05, 4.69) is 25.7 Å². The van der Waals surface area contributed by atoms with Gasteiger partial charge in [0.2, 0.25) is 0 Å². The van der Waals surface area contributed by atoms with Gasteiger partial charge >= 0.3 is 11.9 Å². The minimum absolute atomic E-state index is 0.000567. The predicted molar refractivity (Wildman–Crippen MR) is 216 cm³/mol. The summed E-state index contributed by atoms with van der Waals surface area (Å²) in [5, 5.41) is 9.63. The van der Waals surface area contributed by atoms with Crippen LogP contribution < -0.4 is 0 Å². The van der Waals surface area contributed by atoms with E-state index in [9.17, 15) is 14.7 Å². The summed E-state index contributed by atoms with van der Waals surface area (Å²) >= 11 is 0. The quantitative estimate of drug-likeness (QED) is 0.0508. The van der Waals surface area contributed by atoms with Gasteiger partial charge in [0, 0.05) is 25.9 Å². The Morgan fingerprint density at radius 2 is 1.10 bits per heavy atom. The lowest BCUT2D eigenvalue weighted by molar-refractivity contribution is -0.150. The molecule has 1 unspecified atom stereocenters. The van der Waals surface area contributed by atoms with Crippen molar-refractivity contribution in [1.82, 2.24) is 4.90 Å². The molecule has 0 radical (unpaired) electrons.